The fourth-order valence-corrected chi connectivity index (χ4v) is 4.10. The van der Waals surface area contributed by atoms with Crippen molar-refractivity contribution < 1.29 is 22.6 Å². The summed E-state index contributed by atoms with van der Waals surface area (Å²) in [5, 5.41) is 0.150. The standard InChI is InChI=1S/C20H18Cl3F3N2O2/c1-4-10(5-2)12-6-7-13(21)16-17(12)28(3)19(27-16)29-18-14(22)8-11(9-15(18)23)30-20(24,25)26/h6-10H,4-5H2,1-3H3. The first-order valence-electron chi connectivity index (χ1n) is 9.13. The van der Waals surface area contributed by atoms with Gasteiger partial charge in [-0.15, -0.1) is 13.2 Å². The number of rotatable bonds is 6. The van der Waals surface area contributed by atoms with E-state index in [0.29, 0.717) is 16.5 Å². The van der Waals surface area contributed by atoms with Crippen LogP contribution in [0.15, 0.2) is 24.3 Å². The fraction of sp³-hybridized carbons (Fsp3) is 0.350. The predicted molar refractivity (Wildman–Crippen MR) is 112 cm³/mol. The van der Waals surface area contributed by atoms with Gasteiger partial charge < -0.3 is 9.47 Å². The number of fused-ring (bicyclic) bond motifs is 1. The normalized spacial score (nSPS) is 12.1. The van der Waals surface area contributed by atoms with E-state index in [1.165, 1.54) is 0 Å². The van der Waals surface area contributed by atoms with Crippen molar-refractivity contribution >= 4 is 45.8 Å². The van der Waals surface area contributed by atoms with Crippen molar-refractivity contribution in [1.29, 1.82) is 0 Å². The molecule has 0 bridgehead atoms. The Balaban J connectivity index is 2.06. The van der Waals surface area contributed by atoms with Crippen LogP contribution in [0.25, 0.3) is 11.0 Å². The van der Waals surface area contributed by atoms with E-state index in [0.717, 1.165) is 36.1 Å². The monoisotopic (exact) mass is 480 g/mol. The molecule has 0 aliphatic heterocycles. The van der Waals surface area contributed by atoms with Gasteiger partial charge in [0, 0.05) is 19.2 Å². The lowest BCUT2D eigenvalue weighted by Gasteiger charge is -2.16. The van der Waals surface area contributed by atoms with E-state index in [4.69, 9.17) is 39.5 Å². The van der Waals surface area contributed by atoms with Gasteiger partial charge in [0.2, 0.25) is 0 Å². The Morgan fingerprint density at radius 3 is 2.17 bits per heavy atom. The first-order valence-corrected chi connectivity index (χ1v) is 10.3. The van der Waals surface area contributed by atoms with Crippen LogP contribution >= 0.6 is 34.8 Å². The second kappa shape index (κ2) is 8.73. The Labute approximate surface area is 186 Å². The third-order valence-corrected chi connectivity index (χ3v) is 5.65. The Kier molecular flexibility index (Phi) is 6.65. The van der Waals surface area contributed by atoms with Gasteiger partial charge in [0.15, 0.2) is 5.75 Å². The molecule has 162 valence electrons. The number of alkyl halides is 3. The molecule has 0 spiro atoms. The molecule has 0 aliphatic carbocycles. The largest absolute Gasteiger partial charge is 0.573 e. The highest BCUT2D eigenvalue weighted by Gasteiger charge is 2.32. The average molecular weight is 482 g/mol. The molecule has 1 aromatic heterocycles. The van der Waals surface area contributed by atoms with Gasteiger partial charge in [0.05, 0.1) is 20.6 Å². The van der Waals surface area contributed by atoms with Crippen LogP contribution in [0.2, 0.25) is 15.1 Å². The van der Waals surface area contributed by atoms with Crippen molar-refractivity contribution in [2.75, 3.05) is 0 Å². The summed E-state index contributed by atoms with van der Waals surface area (Å²) in [6.07, 6.45) is -2.99. The molecular weight excluding hydrogens is 464 g/mol. The zero-order chi connectivity index (χ0) is 22.2. The molecule has 0 N–H and O–H groups in total. The summed E-state index contributed by atoms with van der Waals surface area (Å²) in [5.41, 5.74) is 2.45. The van der Waals surface area contributed by atoms with Crippen molar-refractivity contribution in [3.05, 3.63) is 44.9 Å². The third-order valence-electron chi connectivity index (χ3n) is 4.79. The highest BCUT2D eigenvalue weighted by atomic mass is 35.5. The first-order chi connectivity index (χ1) is 14.1. The van der Waals surface area contributed by atoms with Gasteiger partial charge in [-0.25, -0.2) is 0 Å². The Morgan fingerprint density at radius 1 is 1.03 bits per heavy atom. The molecule has 0 unspecified atom stereocenters. The third kappa shape index (κ3) is 4.58. The van der Waals surface area contributed by atoms with Gasteiger partial charge in [-0.1, -0.05) is 54.7 Å². The van der Waals surface area contributed by atoms with E-state index in [2.05, 4.69) is 23.6 Å². The molecule has 3 aromatic rings. The van der Waals surface area contributed by atoms with Crippen LogP contribution in [0.1, 0.15) is 38.2 Å². The fourth-order valence-electron chi connectivity index (χ4n) is 3.36. The smallest absolute Gasteiger partial charge is 0.422 e. The zero-order valence-electron chi connectivity index (χ0n) is 16.3. The second-order valence-electron chi connectivity index (χ2n) is 6.67. The number of nitrogens with zero attached hydrogens (tertiary/aromatic N) is 2. The van der Waals surface area contributed by atoms with Crippen LogP contribution in [0.3, 0.4) is 0 Å². The molecule has 10 heteroatoms. The topological polar surface area (TPSA) is 36.3 Å². The quantitative estimate of drug-likeness (QED) is 0.356. The minimum Gasteiger partial charge on any atom is -0.422 e. The lowest BCUT2D eigenvalue weighted by atomic mass is 9.93. The van der Waals surface area contributed by atoms with Gasteiger partial charge in [0.25, 0.3) is 0 Å². The number of aromatic nitrogens is 2. The lowest BCUT2D eigenvalue weighted by molar-refractivity contribution is -0.274. The summed E-state index contributed by atoms with van der Waals surface area (Å²) in [6.45, 7) is 4.21. The first kappa shape index (κ1) is 22.8. The van der Waals surface area contributed by atoms with Crippen LogP contribution in [0.5, 0.6) is 17.5 Å². The summed E-state index contributed by atoms with van der Waals surface area (Å²) in [5.74, 6) is -0.278. The van der Waals surface area contributed by atoms with Crippen LogP contribution in [-0.4, -0.2) is 15.9 Å². The number of halogens is 6. The molecule has 0 aliphatic rings. The van der Waals surface area contributed by atoms with E-state index in [1.807, 2.05) is 6.07 Å². The summed E-state index contributed by atoms with van der Waals surface area (Å²) in [4.78, 5) is 4.46. The molecule has 2 aromatic carbocycles. The SMILES string of the molecule is CCC(CC)c1ccc(Cl)c2nc(Oc3c(Cl)cc(OC(F)(F)F)cc3Cl)n(C)c12. The second-order valence-corrected chi connectivity index (χ2v) is 7.89. The van der Waals surface area contributed by atoms with Gasteiger partial charge >= 0.3 is 12.4 Å². The van der Waals surface area contributed by atoms with Crippen LogP contribution in [-0.2, 0) is 7.05 Å². The summed E-state index contributed by atoms with van der Waals surface area (Å²) in [6, 6.07) is 5.86. The number of benzene rings is 2. The molecule has 0 saturated carbocycles. The van der Waals surface area contributed by atoms with E-state index in [1.54, 1.807) is 17.7 Å². The zero-order valence-corrected chi connectivity index (χ0v) is 18.5. The molecule has 30 heavy (non-hydrogen) atoms. The van der Waals surface area contributed by atoms with Crippen LogP contribution < -0.4 is 9.47 Å². The van der Waals surface area contributed by atoms with Crippen molar-refractivity contribution in [1.82, 2.24) is 9.55 Å². The molecule has 4 nitrogen and oxygen atoms in total. The molecule has 0 atom stereocenters. The van der Waals surface area contributed by atoms with E-state index < -0.39 is 12.1 Å². The Bertz CT molecular complexity index is 1060. The molecule has 3 rings (SSSR count). The number of ether oxygens (including phenoxy) is 2. The van der Waals surface area contributed by atoms with Crippen molar-refractivity contribution in [2.24, 2.45) is 7.05 Å². The van der Waals surface area contributed by atoms with Crippen LogP contribution in [0, 0.1) is 0 Å². The van der Waals surface area contributed by atoms with Crippen LogP contribution in [0.4, 0.5) is 13.2 Å². The molecule has 0 amide bonds. The minimum absolute atomic E-state index is 0.0357. The Hall–Kier alpha value is -1.83. The van der Waals surface area contributed by atoms with Gasteiger partial charge in [0.1, 0.15) is 11.3 Å². The average Bonchev–Trinajstić information content (AvgIpc) is 2.97. The number of aryl methyl sites for hydroxylation is 1. The van der Waals surface area contributed by atoms with Crippen molar-refractivity contribution in [3.8, 4) is 17.5 Å². The van der Waals surface area contributed by atoms with Crippen molar-refractivity contribution in [2.45, 2.75) is 39.0 Å². The Morgan fingerprint density at radius 2 is 1.63 bits per heavy atom. The maximum absolute atomic E-state index is 12.5. The maximum Gasteiger partial charge on any atom is 0.573 e. The summed E-state index contributed by atoms with van der Waals surface area (Å²) < 4.78 is 48.7. The molecular formula is C20H18Cl3F3N2O2. The molecule has 0 radical (unpaired) electrons. The maximum atomic E-state index is 12.5. The predicted octanol–water partition coefficient (Wildman–Crippen LogP) is 8.13. The molecule has 1 heterocycles. The van der Waals surface area contributed by atoms with E-state index in [-0.39, 0.29) is 21.8 Å². The summed E-state index contributed by atoms with van der Waals surface area (Å²) in [7, 11) is 1.76. The highest BCUT2D eigenvalue weighted by Crippen LogP contribution is 2.42. The van der Waals surface area contributed by atoms with Gasteiger partial charge in [-0.05, 0) is 30.4 Å². The summed E-state index contributed by atoms with van der Waals surface area (Å²) >= 11 is 18.6. The number of imidazole rings is 1. The van der Waals surface area contributed by atoms with Gasteiger partial charge in [-0.3, -0.25) is 4.57 Å². The van der Waals surface area contributed by atoms with E-state index in [9.17, 15) is 13.2 Å². The lowest BCUT2D eigenvalue weighted by Crippen LogP contribution is -2.17. The van der Waals surface area contributed by atoms with Crippen molar-refractivity contribution in [3.63, 3.8) is 0 Å². The number of hydrogen-bond donors (Lipinski definition) is 0. The minimum atomic E-state index is -4.87. The van der Waals surface area contributed by atoms with E-state index >= 15 is 0 Å². The molecule has 0 fully saturated rings. The number of hydrogen-bond acceptors (Lipinski definition) is 3. The molecule has 0 saturated heterocycles. The van der Waals surface area contributed by atoms with Gasteiger partial charge in [-0.2, -0.15) is 4.98 Å². The highest BCUT2D eigenvalue weighted by molar-refractivity contribution is 6.37.